The molecule has 27 heavy (non-hydrogen) atoms. The number of nitrogens with zero attached hydrogens (tertiary/aromatic N) is 1. The van der Waals surface area contributed by atoms with Crippen molar-refractivity contribution in [3.05, 3.63) is 59.2 Å². The highest BCUT2D eigenvalue weighted by Crippen LogP contribution is 2.35. The van der Waals surface area contributed by atoms with E-state index in [4.69, 9.17) is 15.2 Å². The standard InChI is InChI=1S/C21H26N2O4/c1-15-5-3-4-6-17(15)21(25)9-11-23(14-21)20(24)16-7-8-18(26-2)19(13-16)27-12-10-22/h3-8,13,25H,9-12,14,22H2,1-2H3/t21-/m0/s1. The molecule has 144 valence electrons. The molecule has 0 unspecified atom stereocenters. The number of β-amino-alcohol motifs (C(OH)–C–C–N with tert-alkyl or cyclic N) is 1. The Morgan fingerprint density at radius 1 is 1.26 bits per heavy atom. The maximum Gasteiger partial charge on any atom is 0.254 e. The van der Waals surface area contributed by atoms with Crippen molar-refractivity contribution in [1.82, 2.24) is 4.90 Å². The minimum absolute atomic E-state index is 0.139. The lowest BCUT2D eigenvalue weighted by atomic mass is 9.89. The van der Waals surface area contributed by atoms with Crippen molar-refractivity contribution in [2.75, 3.05) is 33.4 Å². The maximum atomic E-state index is 13.0. The van der Waals surface area contributed by atoms with Crippen LogP contribution < -0.4 is 15.2 Å². The molecule has 0 radical (unpaired) electrons. The first-order valence-corrected chi connectivity index (χ1v) is 9.07. The SMILES string of the molecule is COc1ccc(C(=O)N2CC[C@@](O)(c3ccccc3C)C2)cc1OCCN. The van der Waals surface area contributed by atoms with Gasteiger partial charge >= 0.3 is 0 Å². The number of likely N-dealkylation sites (tertiary alicyclic amines) is 1. The quantitative estimate of drug-likeness (QED) is 0.813. The molecule has 1 aliphatic heterocycles. The molecule has 1 saturated heterocycles. The monoisotopic (exact) mass is 370 g/mol. The van der Waals surface area contributed by atoms with E-state index in [1.807, 2.05) is 31.2 Å². The molecule has 0 saturated carbocycles. The third-order valence-electron chi connectivity index (χ3n) is 4.97. The molecule has 1 atom stereocenters. The fourth-order valence-electron chi connectivity index (χ4n) is 3.56. The van der Waals surface area contributed by atoms with Gasteiger partial charge in [0.2, 0.25) is 0 Å². The Morgan fingerprint density at radius 2 is 2.04 bits per heavy atom. The van der Waals surface area contributed by atoms with Gasteiger partial charge in [-0.1, -0.05) is 24.3 Å². The van der Waals surface area contributed by atoms with Crippen LogP contribution >= 0.6 is 0 Å². The lowest BCUT2D eigenvalue weighted by molar-refractivity contribution is 0.0412. The third kappa shape index (κ3) is 3.91. The highest BCUT2D eigenvalue weighted by atomic mass is 16.5. The number of nitrogens with two attached hydrogens (primary N) is 1. The highest BCUT2D eigenvalue weighted by molar-refractivity contribution is 5.95. The van der Waals surface area contributed by atoms with Crippen molar-refractivity contribution >= 4 is 5.91 Å². The Hall–Kier alpha value is -2.57. The number of ether oxygens (including phenoxy) is 2. The van der Waals surface area contributed by atoms with Gasteiger partial charge < -0.3 is 25.2 Å². The Morgan fingerprint density at radius 3 is 2.74 bits per heavy atom. The van der Waals surface area contributed by atoms with Gasteiger partial charge in [0.15, 0.2) is 11.5 Å². The molecule has 1 amide bonds. The van der Waals surface area contributed by atoms with Crippen molar-refractivity contribution in [2.24, 2.45) is 5.73 Å². The third-order valence-corrected chi connectivity index (χ3v) is 4.97. The smallest absolute Gasteiger partial charge is 0.254 e. The van der Waals surface area contributed by atoms with Gasteiger partial charge in [-0.15, -0.1) is 0 Å². The zero-order valence-electron chi connectivity index (χ0n) is 15.8. The molecule has 1 aliphatic rings. The van der Waals surface area contributed by atoms with Crippen LogP contribution in [0.5, 0.6) is 11.5 Å². The van der Waals surface area contributed by atoms with E-state index in [1.165, 1.54) is 0 Å². The van der Waals surface area contributed by atoms with Gasteiger partial charge in [-0.2, -0.15) is 0 Å². The van der Waals surface area contributed by atoms with Gasteiger partial charge in [0.25, 0.3) is 5.91 Å². The van der Waals surface area contributed by atoms with Gasteiger partial charge in [-0.3, -0.25) is 4.79 Å². The van der Waals surface area contributed by atoms with Crippen LogP contribution in [0.25, 0.3) is 0 Å². The summed E-state index contributed by atoms with van der Waals surface area (Å²) in [6.07, 6.45) is 0.510. The molecule has 3 rings (SSSR count). The molecule has 1 fully saturated rings. The van der Waals surface area contributed by atoms with E-state index in [0.29, 0.717) is 43.2 Å². The zero-order chi connectivity index (χ0) is 19.4. The van der Waals surface area contributed by atoms with Crippen LogP contribution in [0.2, 0.25) is 0 Å². The van der Waals surface area contributed by atoms with E-state index in [9.17, 15) is 9.90 Å². The molecule has 3 N–H and O–H groups in total. The van der Waals surface area contributed by atoms with Crippen LogP contribution in [-0.4, -0.2) is 49.3 Å². The van der Waals surface area contributed by atoms with Crippen LogP contribution in [0.3, 0.4) is 0 Å². The summed E-state index contributed by atoms with van der Waals surface area (Å²) < 4.78 is 10.9. The normalized spacial score (nSPS) is 19.2. The average Bonchev–Trinajstić information content (AvgIpc) is 3.09. The molecular weight excluding hydrogens is 344 g/mol. The van der Waals surface area contributed by atoms with E-state index in [2.05, 4.69) is 0 Å². The molecule has 6 heteroatoms. The predicted molar refractivity (Wildman–Crippen MR) is 103 cm³/mol. The Labute approximate surface area is 159 Å². The van der Waals surface area contributed by atoms with Crippen LogP contribution in [0, 0.1) is 6.92 Å². The Kier molecular flexibility index (Phi) is 5.68. The van der Waals surface area contributed by atoms with Crippen LogP contribution in [-0.2, 0) is 5.60 Å². The lowest BCUT2D eigenvalue weighted by Gasteiger charge is -2.25. The van der Waals surface area contributed by atoms with Crippen molar-refractivity contribution < 1.29 is 19.4 Å². The summed E-state index contributed by atoms with van der Waals surface area (Å²) in [6.45, 7) is 3.44. The summed E-state index contributed by atoms with van der Waals surface area (Å²) in [5.41, 5.74) is 6.87. The first-order chi connectivity index (χ1) is 13.0. The summed E-state index contributed by atoms with van der Waals surface area (Å²) in [5.74, 6) is 0.903. The number of rotatable bonds is 6. The van der Waals surface area contributed by atoms with Crippen molar-refractivity contribution in [1.29, 1.82) is 0 Å². The van der Waals surface area contributed by atoms with E-state index < -0.39 is 5.60 Å². The number of carbonyl (C=O) groups is 1. The fourth-order valence-corrected chi connectivity index (χ4v) is 3.56. The van der Waals surface area contributed by atoms with E-state index in [0.717, 1.165) is 11.1 Å². The van der Waals surface area contributed by atoms with Crippen LogP contribution in [0.15, 0.2) is 42.5 Å². The number of aliphatic hydroxyl groups is 1. The number of benzene rings is 2. The van der Waals surface area contributed by atoms with Gasteiger partial charge in [0.1, 0.15) is 12.2 Å². The van der Waals surface area contributed by atoms with Crippen LogP contribution in [0.1, 0.15) is 27.9 Å². The number of amides is 1. The van der Waals surface area contributed by atoms with E-state index in [-0.39, 0.29) is 12.5 Å². The van der Waals surface area contributed by atoms with Gasteiger partial charge in [0.05, 0.1) is 13.7 Å². The average molecular weight is 370 g/mol. The number of aryl methyl sites for hydroxylation is 1. The molecule has 0 bridgehead atoms. The minimum Gasteiger partial charge on any atom is -0.493 e. The molecule has 6 nitrogen and oxygen atoms in total. The second-order valence-electron chi connectivity index (χ2n) is 6.83. The molecule has 1 heterocycles. The van der Waals surface area contributed by atoms with Crippen molar-refractivity contribution in [3.63, 3.8) is 0 Å². The summed E-state index contributed by atoms with van der Waals surface area (Å²) >= 11 is 0. The Balaban J connectivity index is 1.80. The van der Waals surface area contributed by atoms with Crippen molar-refractivity contribution in [3.8, 4) is 11.5 Å². The minimum atomic E-state index is -1.02. The van der Waals surface area contributed by atoms with E-state index >= 15 is 0 Å². The maximum absolute atomic E-state index is 13.0. The summed E-state index contributed by atoms with van der Waals surface area (Å²) in [7, 11) is 1.55. The van der Waals surface area contributed by atoms with E-state index in [1.54, 1.807) is 30.2 Å². The summed E-state index contributed by atoms with van der Waals surface area (Å²) in [6, 6.07) is 12.8. The predicted octanol–water partition coefficient (Wildman–Crippen LogP) is 2.07. The molecule has 2 aromatic rings. The summed E-state index contributed by atoms with van der Waals surface area (Å²) in [4.78, 5) is 14.7. The Bertz CT molecular complexity index is 824. The largest absolute Gasteiger partial charge is 0.493 e. The molecule has 0 spiro atoms. The topological polar surface area (TPSA) is 85.0 Å². The highest BCUT2D eigenvalue weighted by Gasteiger charge is 2.40. The van der Waals surface area contributed by atoms with Gasteiger partial charge in [0, 0.05) is 18.7 Å². The first kappa shape index (κ1) is 19.2. The zero-order valence-corrected chi connectivity index (χ0v) is 15.8. The van der Waals surface area contributed by atoms with Crippen LogP contribution in [0.4, 0.5) is 0 Å². The number of hydrogen-bond acceptors (Lipinski definition) is 5. The van der Waals surface area contributed by atoms with Gasteiger partial charge in [-0.25, -0.2) is 0 Å². The van der Waals surface area contributed by atoms with Crippen molar-refractivity contribution in [2.45, 2.75) is 18.9 Å². The molecule has 0 aliphatic carbocycles. The fraction of sp³-hybridized carbons (Fsp3) is 0.381. The molecule has 0 aromatic heterocycles. The second-order valence-corrected chi connectivity index (χ2v) is 6.83. The van der Waals surface area contributed by atoms with Gasteiger partial charge in [-0.05, 0) is 42.7 Å². The molecular formula is C21H26N2O4. The summed E-state index contributed by atoms with van der Waals surface area (Å²) in [5, 5.41) is 11.1. The molecule has 2 aromatic carbocycles. The lowest BCUT2D eigenvalue weighted by Crippen LogP contribution is -2.34. The number of methoxy groups -OCH3 is 1. The second kappa shape index (κ2) is 7.98. The number of hydrogen-bond donors (Lipinski definition) is 2. The first-order valence-electron chi connectivity index (χ1n) is 9.07. The number of carbonyl (C=O) groups excluding carboxylic acids is 1.